The van der Waals surface area contributed by atoms with E-state index >= 15 is 0 Å². The molecular formula is C18H30N2O6. The second kappa shape index (κ2) is 7.73. The number of esters is 2. The van der Waals surface area contributed by atoms with Crippen molar-refractivity contribution in [1.82, 2.24) is 0 Å². The first kappa shape index (κ1) is 22.1. The first-order chi connectivity index (χ1) is 11.7. The third-order valence-electron chi connectivity index (χ3n) is 5.04. The van der Waals surface area contributed by atoms with Crippen LogP contribution in [-0.4, -0.2) is 23.8 Å². The minimum absolute atomic E-state index is 0.117. The van der Waals surface area contributed by atoms with Crippen LogP contribution in [0.15, 0.2) is 0 Å². The van der Waals surface area contributed by atoms with E-state index in [-0.39, 0.29) is 11.8 Å². The maximum Gasteiger partial charge on any atom is 0.327 e. The largest absolute Gasteiger partial charge is 0.393 e. The number of cyclic esters (lactones) is 2. The van der Waals surface area contributed by atoms with E-state index in [1.807, 2.05) is 20.8 Å². The number of ether oxygens (including phenoxy) is 1. The smallest absolute Gasteiger partial charge is 0.327 e. The summed E-state index contributed by atoms with van der Waals surface area (Å²) in [4.78, 5) is 52.4. The number of carbonyl (C=O) groups is 4. The summed E-state index contributed by atoms with van der Waals surface area (Å²) >= 11 is 0. The maximum atomic E-state index is 12.4. The van der Waals surface area contributed by atoms with Crippen LogP contribution in [-0.2, 0) is 28.8 Å². The van der Waals surface area contributed by atoms with Crippen molar-refractivity contribution in [1.29, 1.82) is 0 Å². The Morgan fingerprint density at radius 1 is 1.15 bits per heavy atom. The molecule has 148 valence electrons. The summed E-state index contributed by atoms with van der Waals surface area (Å²) in [5.41, 5.74) is 4.47. The third-order valence-corrected chi connectivity index (χ3v) is 5.04. The summed E-state index contributed by atoms with van der Waals surface area (Å²) in [7, 11) is 0. The van der Waals surface area contributed by atoms with E-state index in [9.17, 15) is 19.2 Å². The van der Waals surface area contributed by atoms with Crippen LogP contribution >= 0.6 is 0 Å². The van der Waals surface area contributed by atoms with Crippen LogP contribution in [0.25, 0.3) is 0 Å². The van der Waals surface area contributed by atoms with Crippen LogP contribution in [0.4, 0.5) is 0 Å². The van der Waals surface area contributed by atoms with Gasteiger partial charge >= 0.3 is 17.9 Å². The Labute approximate surface area is 153 Å². The van der Waals surface area contributed by atoms with Gasteiger partial charge in [0.25, 0.3) is 0 Å². The van der Waals surface area contributed by atoms with E-state index in [4.69, 9.17) is 16.4 Å². The van der Waals surface area contributed by atoms with E-state index in [1.165, 1.54) is 6.92 Å². The summed E-state index contributed by atoms with van der Waals surface area (Å²) < 4.78 is 4.88. The van der Waals surface area contributed by atoms with Crippen molar-refractivity contribution < 1.29 is 28.8 Å². The number of rotatable bonds is 7. The Kier molecular flexibility index (Phi) is 6.57. The van der Waals surface area contributed by atoms with Gasteiger partial charge < -0.3 is 15.3 Å². The molecule has 0 aromatic rings. The average molecular weight is 370 g/mol. The van der Waals surface area contributed by atoms with Gasteiger partial charge in [-0.25, -0.2) is 0 Å². The Bertz CT molecular complexity index is 593. The summed E-state index contributed by atoms with van der Waals surface area (Å²) in [6, 6.07) is 0. The fourth-order valence-corrected chi connectivity index (χ4v) is 3.75. The van der Waals surface area contributed by atoms with Crippen LogP contribution in [0.1, 0.15) is 54.4 Å². The first-order valence-corrected chi connectivity index (χ1v) is 8.66. The molecule has 1 saturated heterocycles. The molecule has 4 N–H and O–H groups in total. The van der Waals surface area contributed by atoms with Crippen molar-refractivity contribution in [2.75, 3.05) is 0 Å². The second-order valence-corrected chi connectivity index (χ2v) is 9.02. The van der Waals surface area contributed by atoms with E-state index in [0.29, 0.717) is 6.42 Å². The molecule has 8 heteroatoms. The lowest BCUT2D eigenvalue weighted by Gasteiger charge is -2.36. The normalized spacial score (nSPS) is 23.3. The van der Waals surface area contributed by atoms with E-state index in [0.717, 1.165) is 0 Å². The molecule has 0 radical (unpaired) electrons. The summed E-state index contributed by atoms with van der Waals surface area (Å²) in [6.07, 6.45) is 0.583. The van der Waals surface area contributed by atoms with E-state index < -0.39 is 52.9 Å². The fraction of sp³-hybridized carbons (Fsp3) is 0.778. The monoisotopic (exact) mass is 370 g/mol. The molecule has 26 heavy (non-hydrogen) atoms. The van der Waals surface area contributed by atoms with Crippen LogP contribution in [0, 0.1) is 34.5 Å². The lowest BCUT2D eigenvalue weighted by molar-refractivity contribution is -0.155. The molecule has 1 fully saturated rings. The summed E-state index contributed by atoms with van der Waals surface area (Å²) in [5, 5.41) is 0. The molecule has 4 atom stereocenters. The van der Waals surface area contributed by atoms with Gasteiger partial charge in [-0.2, -0.15) is 5.90 Å². The number of primary amides is 1. The molecule has 1 amide bonds. The topological polar surface area (TPSA) is 139 Å². The molecule has 1 aliphatic heterocycles. The lowest BCUT2D eigenvalue weighted by atomic mass is 9.64. The van der Waals surface area contributed by atoms with E-state index in [2.05, 4.69) is 4.84 Å². The highest BCUT2D eigenvalue weighted by Gasteiger charge is 2.53. The van der Waals surface area contributed by atoms with Gasteiger partial charge in [0.1, 0.15) is 0 Å². The average Bonchev–Trinajstić information content (AvgIpc) is 2.75. The molecule has 4 unspecified atom stereocenters. The highest BCUT2D eigenvalue weighted by molar-refractivity contribution is 5.97. The van der Waals surface area contributed by atoms with Crippen LogP contribution in [0.5, 0.6) is 0 Å². The van der Waals surface area contributed by atoms with Crippen molar-refractivity contribution in [3.05, 3.63) is 0 Å². The predicted octanol–water partition coefficient (Wildman–Crippen LogP) is 1.31. The van der Waals surface area contributed by atoms with Gasteiger partial charge in [-0.15, -0.1) is 0 Å². The van der Waals surface area contributed by atoms with Gasteiger partial charge in [0.05, 0.1) is 23.7 Å². The Balaban J connectivity index is 3.15. The predicted molar refractivity (Wildman–Crippen MR) is 92.7 cm³/mol. The van der Waals surface area contributed by atoms with Gasteiger partial charge in [0.2, 0.25) is 5.91 Å². The molecular weight excluding hydrogens is 340 g/mol. The van der Waals surface area contributed by atoms with Gasteiger partial charge in [-0.1, -0.05) is 41.5 Å². The van der Waals surface area contributed by atoms with Gasteiger partial charge in [0.15, 0.2) is 0 Å². The Hall–Kier alpha value is -1.96. The number of amides is 1. The summed E-state index contributed by atoms with van der Waals surface area (Å²) in [5.74, 6) is -0.794. The van der Waals surface area contributed by atoms with Gasteiger partial charge in [-0.3, -0.25) is 19.2 Å². The molecule has 1 heterocycles. The lowest BCUT2D eigenvalue weighted by Crippen LogP contribution is -2.42. The zero-order valence-corrected chi connectivity index (χ0v) is 16.3. The maximum absolute atomic E-state index is 12.4. The molecule has 8 nitrogen and oxygen atoms in total. The highest BCUT2D eigenvalue weighted by atomic mass is 16.7. The number of carbonyl (C=O) groups excluding carboxylic acids is 4. The van der Waals surface area contributed by atoms with Gasteiger partial charge in [0, 0.05) is 0 Å². The third kappa shape index (κ3) is 5.03. The van der Waals surface area contributed by atoms with Crippen molar-refractivity contribution >= 4 is 23.8 Å². The van der Waals surface area contributed by atoms with Crippen LogP contribution in [0.3, 0.4) is 0 Å². The molecule has 0 spiro atoms. The zero-order chi connectivity index (χ0) is 20.4. The molecule has 0 aromatic carbocycles. The van der Waals surface area contributed by atoms with Crippen molar-refractivity contribution in [2.45, 2.75) is 54.4 Å². The Morgan fingerprint density at radius 3 is 2.12 bits per heavy atom. The van der Waals surface area contributed by atoms with Crippen molar-refractivity contribution in [3.8, 4) is 0 Å². The molecule has 1 aliphatic rings. The molecule has 1 rings (SSSR count). The number of nitrogens with two attached hydrogens (primary N) is 2. The minimum atomic E-state index is -0.889. The first-order valence-electron chi connectivity index (χ1n) is 8.66. The second-order valence-electron chi connectivity index (χ2n) is 9.02. The molecule has 0 saturated carbocycles. The molecule has 0 aliphatic carbocycles. The van der Waals surface area contributed by atoms with Gasteiger partial charge in [-0.05, 0) is 23.7 Å². The van der Waals surface area contributed by atoms with Crippen LogP contribution < -0.4 is 11.6 Å². The fourth-order valence-electron chi connectivity index (χ4n) is 3.75. The van der Waals surface area contributed by atoms with Crippen LogP contribution in [0.2, 0.25) is 0 Å². The van der Waals surface area contributed by atoms with Crippen molar-refractivity contribution in [3.63, 3.8) is 0 Å². The minimum Gasteiger partial charge on any atom is -0.393 e. The SMILES string of the molecule is CC(C(=O)ON)C(CC(C)(C)C1C(=O)OC(=O)C1CC(C)(C)C)C(N)=O. The zero-order valence-electron chi connectivity index (χ0n) is 16.3. The standard InChI is InChI=1S/C18H30N2O6/c1-9(14(22)26-20)10(13(19)21)8-18(5,6)12-11(7-17(2,3)4)15(23)25-16(12)24/h9-12H,7-8,20H2,1-6H3,(H2,19,21). The highest BCUT2D eigenvalue weighted by Crippen LogP contribution is 2.47. The quantitative estimate of drug-likeness (QED) is 0.391. The molecule has 0 aromatic heterocycles. The number of hydrogen-bond acceptors (Lipinski definition) is 7. The molecule has 0 bridgehead atoms. The summed E-state index contributed by atoms with van der Waals surface area (Å²) in [6.45, 7) is 10.9. The van der Waals surface area contributed by atoms with E-state index in [1.54, 1.807) is 13.8 Å². The van der Waals surface area contributed by atoms with Crippen molar-refractivity contribution in [2.24, 2.45) is 46.1 Å². The number of hydrogen-bond donors (Lipinski definition) is 2. The Morgan fingerprint density at radius 2 is 1.69 bits per heavy atom.